The maximum atomic E-state index is 14.0. The third-order valence-corrected chi connectivity index (χ3v) is 3.97. The molecule has 1 unspecified atom stereocenters. The molecule has 0 amide bonds. The number of hydrogen-bond donors (Lipinski definition) is 1. The van der Waals surface area contributed by atoms with Crippen LogP contribution in [0.1, 0.15) is 54.8 Å². The monoisotopic (exact) mass is 235 g/mol. The zero-order chi connectivity index (χ0) is 12.4. The minimum atomic E-state index is -0.129. The fraction of sp³-hybridized carbons (Fsp3) is 0.600. The molecular formula is C15H22FN. The van der Waals surface area contributed by atoms with Gasteiger partial charge in [0, 0.05) is 11.6 Å². The van der Waals surface area contributed by atoms with E-state index in [0.29, 0.717) is 5.92 Å². The van der Waals surface area contributed by atoms with Crippen LogP contribution in [0.5, 0.6) is 0 Å². The number of rotatable bonds is 2. The molecule has 0 aromatic heterocycles. The molecule has 2 rings (SSSR count). The summed E-state index contributed by atoms with van der Waals surface area (Å²) in [5.41, 5.74) is 8.99. The summed E-state index contributed by atoms with van der Waals surface area (Å²) >= 11 is 0. The fourth-order valence-electron chi connectivity index (χ4n) is 3.08. The highest BCUT2D eigenvalue weighted by Crippen LogP contribution is 2.35. The summed E-state index contributed by atoms with van der Waals surface area (Å²) in [7, 11) is 0. The first-order valence-corrected chi connectivity index (χ1v) is 6.62. The molecule has 0 heterocycles. The van der Waals surface area contributed by atoms with Crippen LogP contribution in [0.15, 0.2) is 12.1 Å². The Hall–Kier alpha value is -0.890. The van der Waals surface area contributed by atoms with E-state index in [0.717, 1.165) is 29.5 Å². The van der Waals surface area contributed by atoms with Gasteiger partial charge in [0.15, 0.2) is 0 Å². The lowest BCUT2D eigenvalue weighted by Crippen LogP contribution is -2.25. The van der Waals surface area contributed by atoms with Crippen molar-refractivity contribution in [2.45, 2.75) is 52.0 Å². The second-order valence-electron chi connectivity index (χ2n) is 5.40. The summed E-state index contributed by atoms with van der Waals surface area (Å²) in [5.74, 6) is 0.334. The number of halogens is 1. The Balaban J connectivity index is 2.26. The van der Waals surface area contributed by atoms with Crippen molar-refractivity contribution in [3.05, 3.63) is 34.6 Å². The topological polar surface area (TPSA) is 26.0 Å². The first kappa shape index (κ1) is 12.6. The smallest absolute Gasteiger partial charge is 0.128 e. The Morgan fingerprint density at radius 3 is 2.41 bits per heavy atom. The van der Waals surface area contributed by atoms with E-state index < -0.39 is 0 Å². The van der Waals surface area contributed by atoms with Crippen molar-refractivity contribution in [2.24, 2.45) is 11.7 Å². The van der Waals surface area contributed by atoms with Crippen molar-refractivity contribution in [2.75, 3.05) is 0 Å². The highest BCUT2D eigenvalue weighted by molar-refractivity contribution is 5.34. The Morgan fingerprint density at radius 1 is 1.18 bits per heavy atom. The normalized spacial score (nSPS) is 19.3. The zero-order valence-corrected chi connectivity index (χ0v) is 10.8. The number of benzene rings is 1. The quantitative estimate of drug-likeness (QED) is 0.823. The predicted octanol–water partition coefficient (Wildman–Crippen LogP) is 4.02. The van der Waals surface area contributed by atoms with Crippen molar-refractivity contribution < 1.29 is 4.39 Å². The van der Waals surface area contributed by atoms with E-state index >= 15 is 0 Å². The molecular weight excluding hydrogens is 213 g/mol. The van der Waals surface area contributed by atoms with Gasteiger partial charge in [-0.15, -0.1) is 0 Å². The van der Waals surface area contributed by atoms with Gasteiger partial charge in [-0.25, -0.2) is 4.39 Å². The van der Waals surface area contributed by atoms with Gasteiger partial charge in [-0.1, -0.05) is 25.3 Å². The molecule has 0 radical (unpaired) electrons. The second kappa shape index (κ2) is 5.18. The van der Waals surface area contributed by atoms with Gasteiger partial charge in [-0.05, 0) is 49.8 Å². The van der Waals surface area contributed by atoms with Crippen LogP contribution in [0.4, 0.5) is 4.39 Å². The summed E-state index contributed by atoms with van der Waals surface area (Å²) in [6.45, 7) is 3.89. The summed E-state index contributed by atoms with van der Waals surface area (Å²) in [6.07, 6.45) is 6.08. The maximum Gasteiger partial charge on any atom is 0.128 e. The average Bonchev–Trinajstić information content (AvgIpc) is 2.28. The molecule has 0 aliphatic heterocycles. The van der Waals surface area contributed by atoms with Crippen molar-refractivity contribution in [1.29, 1.82) is 0 Å². The van der Waals surface area contributed by atoms with Crippen molar-refractivity contribution in [3.8, 4) is 0 Å². The molecule has 17 heavy (non-hydrogen) atoms. The van der Waals surface area contributed by atoms with Crippen LogP contribution in [0.2, 0.25) is 0 Å². The van der Waals surface area contributed by atoms with E-state index in [-0.39, 0.29) is 11.9 Å². The summed E-state index contributed by atoms with van der Waals surface area (Å²) in [4.78, 5) is 0. The molecule has 1 nitrogen and oxygen atoms in total. The second-order valence-corrected chi connectivity index (χ2v) is 5.40. The standard InChI is InChI=1S/C15H22FN/c1-10-8-11(2)14(13(16)9-10)15(17)12-6-4-3-5-7-12/h8-9,12,15H,3-7,17H2,1-2H3. The Bertz CT molecular complexity index is 371. The van der Waals surface area contributed by atoms with Gasteiger partial charge in [0.2, 0.25) is 0 Å². The van der Waals surface area contributed by atoms with Gasteiger partial charge in [0.05, 0.1) is 0 Å². The highest BCUT2D eigenvalue weighted by Gasteiger charge is 2.25. The molecule has 0 bridgehead atoms. The minimum Gasteiger partial charge on any atom is -0.324 e. The molecule has 2 N–H and O–H groups in total. The third kappa shape index (κ3) is 2.68. The van der Waals surface area contributed by atoms with Crippen molar-refractivity contribution in [1.82, 2.24) is 0 Å². The van der Waals surface area contributed by atoms with Crippen LogP contribution in [-0.4, -0.2) is 0 Å². The summed E-state index contributed by atoms with van der Waals surface area (Å²) in [5, 5.41) is 0. The molecule has 1 saturated carbocycles. The van der Waals surface area contributed by atoms with E-state index in [9.17, 15) is 4.39 Å². The first-order chi connectivity index (χ1) is 8.09. The Labute approximate surface area is 103 Å². The molecule has 2 heteroatoms. The molecule has 1 aliphatic carbocycles. The lowest BCUT2D eigenvalue weighted by atomic mass is 9.80. The number of aryl methyl sites for hydroxylation is 2. The van der Waals surface area contributed by atoms with E-state index in [2.05, 4.69) is 0 Å². The third-order valence-electron chi connectivity index (χ3n) is 3.97. The van der Waals surface area contributed by atoms with E-state index in [1.165, 1.54) is 19.3 Å². The van der Waals surface area contributed by atoms with E-state index in [4.69, 9.17) is 5.73 Å². The van der Waals surface area contributed by atoms with Crippen LogP contribution < -0.4 is 5.73 Å². The van der Waals surface area contributed by atoms with Crippen molar-refractivity contribution >= 4 is 0 Å². The molecule has 0 spiro atoms. The zero-order valence-electron chi connectivity index (χ0n) is 10.8. The first-order valence-electron chi connectivity index (χ1n) is 6.62. The number of hydrogen-bond acceptors (Lipinski definition) is 1. The molecule has 1 aromatic carbocycles. The fourth-order valence-corrected chi connectivity index (χ4v) is 3.08. The van der Waals surface area contributed by atoms with Gasteiger partial charge < -0.3 is 5.73 Å². The minimum absolute atomic E-state index is 0.124. The Morgan fingerprint density at radius 2 is 1.82 bits per heavy atom. The van der Waals surface area contributed by atoms with Gasteiger partial charge in [-0.3, -0.25) is 0 Å². The lowest BCUT2D eigenvalue weighted by Gasteiger charge is -2.29. The molecule has 1 fully saturated rings. The van der Waals surface area contributed by atoms with Gasteiger partial charge >= 0.3 is 0 Å². The van der Waals surface area contributed by atoms with E-state index in [1.54, 1.807) is 6.07 Å². The van der Waals surface area contributed by atoms with E-state index in [1.807, 2.05) is 19.9 Å². The molecule has 1 atom stereocenters. The number of nitrogens with two attached hydrogens (primary N) is 1. The largest absolute Gasteiger partial charge is 0.324 e. The Kier molecular flexibility index (Phi) is 3.82. The predicted molar refractivity (Wildman–Crippen MR) is 69.4 cm³/mol. The van der Waals surface area contributed by atoms with Gasteiger partial charge in [0.1, 0.15) is 5.82 Å². The highest BCUT2D eigenvalue weighted by atomic mass is 19.1. The SMILES string of the molecule is Cc1cc(C)c(C(N)C2CCCCC2)c(F)c1. The van der Waals surface area contributed by atoms with Crippen LogP contribution in [0.25, 0.3) is 0 Å². The summed E-state index contributed by atoms with van der Waals surface area (Å²) < 4.78 is 14.0. The average molecular weight is 235 g/mol. The van der Waals surface area contributed by atoms with Gasteiger partial charge in [0.25, 0.3) is 0 Å². The molecule has 1 aromatic rings. The van der Waals surface area contributed by atoms with Crippen LogP contribution in [-0.2, 0) is 0 Å². The molecule has 1 aliphatic rings. The maximum absolute atomic E-state index is 14.0. The van der Waals surface area contributed by atoms with Gasteiger partial charge in [-0.2, -0.15) is 0 Å². The molecule has 94 valence electrons. The lowest BCUT2D eigenvalue weighted by molar-refractivity contribution is 0.303. The summed E-state index contributed by atoms with van der Waals surface area (Å²) in [6, 6.07) is 3.50. The molecule has 0 saturated heterocycles. The van der Waals surface area contributed by atoms with Crippen LogP contribution >= 0.6 is 0 Å². The van der Waals surface area contributed by atoms with Crippen LogP contribution in [0, 0.1) is 25.6 Å². The van der Waals surface area contributed by atoms with Crippen molar-refractivity contribution in [3.63, 3.8) is 0 Å². The van der Waals surface area contributed by atoms with Crippen LogP contribution in [0.3, 0.4) is 0 Å².